The number of aromatic nitrogens is 1. The van der Waals surface area contributed by atoms with Crippen molar-refractivity contribution in [3.63, 3.8) is 0 Å². The highest BCUT2D eigenvalue weighted by Gasteiger charge is 2.12. The van der Waals surface area contributed by atoms with Gasteiger partial charge >= 0.3 is 0 Å². The first kappa shape index (κ1) is 16.0. The van der Waals surface area contributed by atoms with Crippen molar-refractivity contribution in [1.29, 1.82) is 0 Å². The third-order valence-electron chi connectivity index (χ3n) is 3.12. The molecule has 0 aliphatic rings. The van der Waals surface area contributed by atoms with Crippen molar-refractivity contribution >= 4 is 50.8 Å². The number of aryl methyl sites for hydroxylation is 1. The topological polar surface area (TPSA) is 59.1 Å². The van der Waals surface area contributed by atoms with Crippen LogP contribution in [0.3, 0.4) is 0 Å². The fraction of sp³-hybridized carbons (Fsp3) is 0.188. The monoisotopic (exact) mass is 362 g/mol. The zero-order valence-corrected chi connectivity index (χ0v) is 14.8. The molecule has 4 nitrogen and oxygen atoms in total. The summed E-state index contributed by atoms with van der Waals surface area (Å²) in [6, 6.07) is 7.69. The van der Waals surface area contributed by atoms with Crippen LogP contribution in [-0.2, 0) is 4.79 Å². The van der Waals surface area contributed by atoms with Crippen LogP contribution in [0.4, 0.5) is 5.13 Å². The van der Waals surface area contributed by atoms with Crippen molar-refractivity contribution in [3.05, 3.63) is 44.8 Å². The molecular weight excluding hydrogens is 348 g/mol. The van der Waals surface area contributed by atoms with Crippen LogP contribution in [0.25, 0.3) is 10.6 Å². The van der Waals surface area contributed by atoms with Crippen molar-refractivity contribution in [3.8, 4) is 10.6 Å². The Hall–Kier alpha value is -1.83. The van der Waals surface area contributed by atoms with E-state index in [4.69, 9.17) is 0 Å². The second kappa shape index (κ2) is 7.16. The lowest BCUT2D eigenvalue weighted by molar-refractivity contribution is -0.116. The minimum Gasteiger partial charge on any atom is -0.302 e. The summed E-state index contributed by atoms with van der Waals surface area (Å²) in [5.74, 6) is -0.179. The Labute approximate surface area is 145 Å². The molecule has 0 saturated carbocycles. The van der Waals surface area contributed by atoms with E-state index < -0.39 is 0 Å². The second-order valence-electron chi connectivity index (χ2n) is 4.90. The van der Waals surface area contributed by atoms with Gasteiger partial charge in [0.1, 0.15) is 0 Å². The molecule has 7 heteroatoms. The Morgan fingerprint density at radius 1 is 1.17 bits per heavy atom. The number of hydrogen-bond acceptors (Lipinski definition) is 6. The number of anilines is 1. The molecule has 3 rings (SSSR count). The Morgan fingerprint density at radius 3 is 2.74 bits per heavy atom. The van der Waals surface area contributed by atoms with Gasteiger partial charge in [0, 0.05) is 23.1 Å². The van der Waals surface area contributed by atoms with E-state index in [0.717, 1.165) is 10.6 Å². The first-order valence-electron chi connectivity index (χ1n) is 7.01. The SMILES string of the molecule is Cc1ccc(-c2csc(NC(=O)CCC(=O)c3cccs3)n2)s1. The summed E-state index contributed by atoms with van der Waals surface area (Å²) in [7, 11) is 0. The molecule has 3 aromatic rings. The van der Waals surface area contributed by atoms with Gasteiger partial charge in [-0.3, -0.25) is 9.59 Å². The standard InChI is InChI=1S/C16H14N2O2S3/c1-10-4-6-13(23-10)11-9-22-16(17-11)18-15(20)7-5-12(19)14-3-2-8-21-14/h2-4,6,8-9H,5,7H2,1H3,(H,17,18,20). The Morgan fingerprint density at radius 2 is 2.04 bits per heavy atom. The van der Waals surface area contributed by atoms with Crippen molar-refractivity contribution in [2.24, 2.45) is 0 Å². The molecule has 118 valence electrons. The molecule has 0 radical (unpaired) electrons. The third kappa shape index (κ3) is 4.13. The molecule has 3 heterocycles. The molecule has 0 bridgehead atoms. The van der Waals surface area contributed by atoms with Gasteiger partial charge in [-0.25, -0.2) is 4.98 Å². The van der Waals surface area contributed by atoms with Gasteiger partial charge in [0.25, 0.3) is 0 Å². The number of ketones is 1. The van der Waals surface area contributed by atoms with E-state index in [1.807, 2.05) is 35.9 Å². The Kier molecular flexibility index (Phi) is 5.00. The largest absolute Gasteiger partial charge is 0.302 e. The van der Waals surface area contributed by atoms with Crippen LogP contribution in [0.1, 0.15) is 27.4 Å². The Bertz CT molecular complexity index is 818. The molecule has 23 heavy (non-hydrogen) atoms. The zero-order valence-electron chi connectivity index (χ0n) is 12.4. The highest BCUT2D eigenvalue weighted by molar-refractivity contribution is 7.17. The summed E-state index contributed by atoms with van der Waals surface area (Å²) in [6.07, 6.45) is 0.387. The smallest absolute Gasteiger partial charge is 0.226 e. The van der Waals surface area contributed by atoms with E-state index in [1.54, 1.807) is 17.4 Å². The minimum absolute atomic E-state index is 0.00374. The molecule has 1 N–H and O–H groups in total. The second-order valence-corrected chi connectivity index (χ2v) is 7.99. The van der Waals surface area contributed by atoms with Crippen molar-refractivity contribution in [2.45, 2.75) is 19.8 Å². The van der Waals surface area contributed by atoms with Crippen LogP contribution in [0.15, 0.2) is 35.0 Å². The molecule has 3 aromatic heterocycles. The molecular formula is C16H14N2O2S3. The molecule has 0 saturated heterocycles. The van der Waals surface area contributed by atoms with Crippen LogP contribution >= 0.6 is 34.0 Å². The number of nitrogens with zero attached hydrogens (tertiary/aromatic N) is 1. The maximum absolute atomic E-state index is 11.9. The van der Waals surface area contributed by atoms with Gasteiger partial charge < -0.3 is 5.32 Å². The molecule has 0 aliphatic heterocycles. The van der Waals surface area contributed by atoms with E-state index in [9.17, 15) is 9.59 Å². The lowest BCUT2D eigenvalue weighted by Crippen LogP contribution is -2.13. The average Bonchev–Trinajstić information content (AvgIpc) is 3.25. The summed E-state index contributed by atoms with van der Waals surface area (Å²) >= 11 is 4.47. The fourth-order valence-corrected chi connectivity index (χ4v) is 4.31. The molecule has 0 aromatic carbocycles. The summed E-state index contributed by atoms with van der Waals surface area (Å²) in [4.78, 5) is 31.3. The quantitative estimate of drug-likeness (QED) is 0.638. The van der Waals surface area contributed by atoms with E-state index in [0.29, 0.717) is 10.0 Å². The number of Topliss-reactive ketones (excluding diaryl/α,β-unsaturated/α-hetero) is 1. The number of carbonyl (C=O) groups excluding carboxylic acids is 2. The summed E-state index contributed by atoms with van der Waals surface area (Å²) in [5, 5.41) is 7.12. The van der Waals surface area contributed by atoms with Gasteiger partial charge in [-0.1, -0.05) is 6.07 Å². The van der Waals surface area contributed by atoms with E-state index in [2.05, 4.69) is 10.3 Å². The minimum atomic E-state index is -0.182. The van der Waals surface area contributed by atoms with Crippen LogP contribution in [0, 0.1) is 6.92 Å². The number of amides is 1. The maximum Gasteiger partial charge on any atom is 0.226 e. The van der Waals surface area contributed by atoms with E-state index in [1.165, 1.54) is 27.6 Å². The summed E-state index contributed by atoms with van der Waals surface area (Å²) < 4.78 is 0. The molecule has 1 amide bonds. The normalized spacial score (nSPS) is 10.7. The predicted molar refractivity (Wildman–Crippen MR) is 96.7 cm³/mol. The number of thiazole rings is 1. The van der Waals surface area contributed by atoms with Crippen LogP contribution in [-0.4, -0.2) is 16.7 Å². The van der Waals surface area contributed by atoms with Gasteiger partial charge in [-0.2, -0.15) is 0 Å². The first-order chi connectivity index (χ1) is 11.1. The van der Waals surface area contributed by atoms with Crippen LogP contribution in [0.5, 0.6) is 0 Å². The molecule has 0 atom stereocenters. The Balaban J connectivity index is 1.54. The van der Waals surface area contributed by atoms with Crippen molar-refractivity contribution in [1.82, 2.24) is 4.98 Å². The average molecular weight is 363 g/mol. The van der Waals surface area contributed by atoms with Crippen LogP contribution in [0.2, 0.25) is 0 Å². The number of rotatable bonds is 6. The van der Waals surface area contributed by atoms with Crippen molar-refractivity contribution in [2.75, 3.05) is 5.32 Å². The number of carbonyl (C=O) groups is 2. The van der Waals surface area contributed by atoms with Gasteiger partial charge in [0.2, 0.25) is 5.91 Å². The maximum atomic E-state index is 11.9. The van der Waals surface area contributed by atoms with Crippen LogP contribution < -0.4 is 5.32 Å². The fourth-order valence-electron chi connectivity index (χ4n) is 1.99. The molecule has 0 aliphatic carbocycles. The predicted octanol–water partition coefficient (Wildman–Crippen LogP) is 4.84. The lowest BCUT2D eigenvalue weighted by Gasteiger charge is -2.00. The number of nitrogens with one attached hydrogen (secondary N) is 1. The highest BCUT2D eigenvalue weighted by Crippen LogP contribution is 2.30. The first-order valence-corrected chi connectivity index (χ1v) is 9.58. The summed E-state index contributed by atoms with van der Waals surface area (Å²) in [5.41, 5.74) is 0.873. The highest BCUT2D eigenvalue weighted by atomic mass is 32.1. The van der Waals surface area contributed by atoms with E-state index in [-0.39, 0.29) is 24.5 Å². The molecule has 0 spiro atoms. The van der Waals surface area contributed by atoms with Gasteiger partial charge in [-0.15, -0.1) is 34.0 Å². The lowest BCUT2D eigenvalue weighted by atomic mass is 10.2. The zero-order chi connectivity index (χ0) is 16.2. The van der Waals surface area contributed by atoms with E-state index >= 15 is 0 Å². The van der Waals surface area contributed by atoms with Crippen molar-refractivity contribution < 1.29 is 9.59 Å². The van der Waals surface area contributed by atoms with Gasteiger partial charge in [-0.05, 0) is 30.5 Å². The number of thiophene rings is 2. The number of hydrogen-bond donors (Lipinski definition) is 1. The van der Waals surface area contributed by atoms with Gasteiger partial charge in [0.05, 0.1) is 15.4 Å². The third-order valence-corrected chi connectivity index (χ3v) is 5.81. The molecule has 0 unspecified atom stereocenters. The molecule has 0 fully saturated rings. The van der Waals surface area contributed by atoms with Gasteiger partial charge in [0.15, 0.2) is 10.9 Å². The summed E-state index contributed by atoms with van der Waals surface area (Å²) in [6.45, 7) is 2.05.